The Morgan fingerprint density at radius 2 is 2.19 bits per heavy atom. The molecule has 1 saturated heterocycles. The molecule has 2 rings (SSSR count). The van der Waals surface area contributed by atoms with Crippen LogP contribution in [0.15, 0.2) is 12.1 Å². The first-order chi connectivity index (χ1) is 9.92. The molecule has 2 unspecified atom stereocenters. The summed E-state index contributed by atoms with van der Waals surface area (Å²) in [5, 5.41) is 30.5. The fourth-order valence-electron chi connectivity index (χ4n) is 2.75. The van der Waals surface area contributed by atoms with Gasteiger partial charge in [0.2, 0.25) is 0 Å². The Morgan fingerprint density at radius 3 is 2.81 bits per heavy atom. The maximum atomic E-state index is 10.9. The molecule has 0 saturated carbocycles. The van der Waals surface area contributed by atoms with Gasteiger partial charge in [-0.15, -0.1) is 0 Å². The molecule has 6 nitrogen and oxygen atoms in total. The number of hydrogen-bond acceptors (Lipinski definition) is 5. The van der Waals surface area contributed by atoms with Crippen molar-refractivity contribution in [2.75, 3.05) is 13.2 Å². The van der Waals surface area contributed by atoms with Crippen LogP contribution in [-0.4, -0.2) is 39.2 Å². The minimum absolute atomic E-state index is 0.130. The summed E-state index contributed by atoms with van der Waals surface area (Å²) in [5.74, 6) is -0.125. The van der Waals surface area contributed by atoms with E-state index in [0.29, 0.717) is 24.7 Å². The van der Waals surface area contributed by atoms with E-state index in [4.69, 9.17) is 11.6 Å². The van der Waals surface area contributed by atoms with Crippen LogP contribution in [0.1, 0.15) is 25.3 Å². The van der Waals surface area contributed by atoms with E-state index < -0.39 is 4.92 Å². The highest BCUT2D eigenvalue weighted by Crippen LogP contribution is 2.35. The summed E-state index contributed by atoms with van der Waals surface area (Å²) in [6.07, 6.45) is 1.92. The van der Waals surface area contributed by atoms with Crippen LogP contribution in [0.5, 0.6) is 5.75 Å². The van der Waals surface area contributed by atoms with Crippen LogP contribution in [0, 0.1) is 16.0 Å². The predicted molar refractivity (Wildman–Crippen MR) is 79.5 cm³/mol. The molecule has 1 heterocycles. The van der Waals surface area contributed by atoms with Gasteiger partial charge in [0.1, 0.15) is 0 Å². The fourth-order valence-corrected chi connectivity index (χ4v) is 2.99. The topological polar surface area (TPSA) is 86.8 Å². The average Bonchev–Trinajstić information content (AvgIpc) is 2.44. The number of halogens is 1. The molecule has 1 aromatic rings. The van der Waals surface area contributed by atoms with Crippen molar-refractivity contribution in [3.05, 3.63) is 32.8 Å². The number of hydrogen-bond donors (Lipinski definition) is 2. The molecule has 116 valence electrons. The van der Waals surface area contributed by atoms with Crippen LogP contribution in [-0.2, 0) is 6.54 Å². The quantitative estimate of drug-likeness (QED) is 0.659. The number of aliphatic hydroxyl groups is 1. The molecule has 0 bridgehead atoms. The molecule has 1 aliphatic heterocycles. The van der Waals surface area contributed by atoms with Gasteiger partial charge in [-0.3, -0.25) is 15.0 Å². The van der Waals surface area contributed by atoms with Crippen LogP contribution < -0.4 is 0 Å². The Bertz CT molecular complexity index is 538. The summed E-state index contributed by atoms with van der Waals surface area (Å²) in [6.45, 7) is 3.29. The lowest BCUT2D eigenvalue weighted by molar-refractivity contribution is -0.385. The van der Waals surface area contributed by atoms with Crippen LogP contribution >= 0.6 is 11.6 Å². The number of piperidine rings is 1. The zero-order valence-corrected chi connectivity index (χ0v) is 12.6. The summed E-state index contributed by atoms with van der Waals surface area (Å²) in [5.41, 5.74) is 0.0699. The smallest absolute Gasteiger partial charge is 0.312 e. The average molecular weight is 315 g/mol. The van der Waals surface area contributed by atoms with Gasteiger partial charge in [0.05, 0.1) is 4.92 Å². The zero-order chi connectivity index (χ0) is 15.6. The van der Waals surface area contributed by atoms with E-state index in [0.717, 1.165) is 18.9 Å². The maximum Gasteiger partial charge on any atom is 0.312 e. The van der Waals surface area contributed by atoms with Crippen LogP contribution in [0.3, 0.4) is 0 Å². The molecule has 1 fully saturated rings. The molecule has 0 spiro atoms. The van der Waals surface area contributed by atoms with Gasteiger partial charge in [-0.1, -0.05) is 11.6 Å². The van der Waals surface area contributed by atoms with Crippen molar-refractivity contribution in [3.8, 4) is 5.75 Å². The van der Waals surface area contributed by atoms with E-state index in [1.54, 1.807) is 6.07 Å². The molecule has 2 atom stereocenters. The Morgan fingerprint density at radius 1 is 1.48 bits per heavy atom. The largest absolute Gasteiger partial charge is 0.502 e. The lowest BCUT2D eigenvalue weighted by Crippen LogP contribution is -2.42. The molecular weight excluding hydrogens is 296 g/mol. The molecule has 0 radical (unpaired) electrons. The standard InChI is InChI=1S/C14H19ClN2O4/c1-9-2-3-10(8-18)6-16(9)7-11-4-12(15)5-13(14(11)19)17(20)21/h4-5,9-10,18-19H,2-3,6-8H2,1H3. The van der Waals surface area contributed by atoms with Crippen molar-refractivity contribution in [1.82, 2.24) is 4.90 Å². The second-order valence-electron chi connectivity index (χ2n) is 5.59. The molecule has 7 heteroatoms. The minimum atomic E-state index is -0.638. The fraction of sp³-hybridized carbons (Fsp3) is 0.571. The summed E-state index contributed by atoms with van der Waals surface area (Å²) in [7, 11) is 0. The van der Waals surface area contributed by atoms with Crippen molar-refractivity contribution < 1.29 is 15.1 Å². The van der Waals surface area contributed by atoms with E-state index in [2.05, 4.69) is 11.8 Å². The first kappa shape index (κ1) is 16.0. The van der Waals surface area contributed by atoms with Gasteiger partial charge in [-0.2, -0.15) is 0 Å². The van der Waals surface area contributed by atoms with Gasteiger partial charge < -0.3 is 10.2 Å². The van der Waals surface area contributed by atoms with Gasteiger partial charge in [0.15, 0.2) is 5.75 Å². The lowest BCUT2D eigenvalue weighted by atomic mass is 9.93. The SMILES string of the molecule is CC1CCC(CO)CN1Cc1cc(Cl)cc([N+](=O)[O-])c1O. The Hall–Kier alpha value is -1.37. The number of aromatic hydroxyl groups is 1. The number of likely N-dealkylation sites (tertiary alicyclic amines) is 1. The molecule has 0 aromatic heterocycles. The van der Waals surface area contributed by atoms with E-state index in [9.17, 15) is 20.3 Å². The second-order valence-corrected chi connectivity index (χ2v) is 6.03. The number of aliphatic hydroxyl groups excluding tert-OH is 1. The van der Waals surface area contributed by atoms with Crippen molar-refractivity contribution in [3.63, 3.8) is 0 Å². The summed E-state index contributed by atoms with van der Waals surface area (Å²) >= 11 is 5.90. The lowest BCUT2D eigenvalue weighted by Gasteiger charge is -2.37. The van der Waals surface area contributed by atoms with Crippen molar-refractivity contribution in [2.45, 2.75) is 32.4 Å². The number of phenolic OH excluding ortho intramolecular Hbond substituents is 1. The summed E-state index contributed by atoms with van der Waals surface area (Å²) in [6, 6.07) is 3.00. The van der Waals surface area contributed by atoms with E-state index >= 15 is 0 Å². The first-order valence-corrected chi connectivity index (χ1v) is 7.30. The molecule has 0 amide bonds. The van der Waals surface area contributed by atoms with Crippen LogP contribution in [0.25, 0.3) is 0 Å². The van der Waals surface area contributed by atoms with E-state index in [1.807, 2.05) is 0 Å². The molecular formula is C14H19ClN2O4. The number of benzene rings is 1. The van der Waals surface area contributed by atoms with Crippen LogP contribution in [0.2, 0.25) is 5.02 Å². The highest BCUT2D eigenvalue weighted by molar-refractivity contribution is 6.31. The molecule has 1 aliphatic rings. The van der Waals surface area contributed by atoms with Crippen molar-refractivity contribution in [2.24, 2.45) is 5.92 Å². The third kappa shape index (κ3) is 3.64. The normalized spacial score (nSPS) is 23.2. The highest BCUT2D eigenvalue weighted by atomic mass is 35.5. The molecule has 21 heavy (non-hydrogen) atoms. The zero-order valence-electron chi connectivity index (χ0n) is 11.8. The van der Waals surface area contributed by atoms with Gasteiger partial charge in [0, 0.05) is 42.4 Å². The van der Waals surface area contributed by atoms with E-state index in [1.165, 1.54) is 0 Å². The Labute approximate surface area is 128 Å². The predicted octanol–water partition coefficient (Wildman–Crippen LogP) is 2.55. The number of phenols is 1. The molecule has 2 N–H and O–H groups in total. The number of nitrogens with zero attached hydrogens (tertiary/aromatic N) is 2. The Balaban J connectivity index is 2.24. The number of nitro groups is 1. The minimum Gasteiger partial charge on any atom is -0.502 e. The number of nitro benzene ring substituents is 1. The highest BCUT2D eigenvalue weighted by Gasteiger charge is 2.27. The van der Waals surface area contributed by atoms with Gasteiger partial charge >= 0.3 is 5.69 Å². The van der Waals surface area contributed by atoms with Gasteiger partial charge in [0.25, 0.3) is 0 Å². The molecule has 1 aromatic carbocycles. The monoisotopic (exact) mass is 314 g/mol. The van der Waals surface area contributed by atoms with Crippen molar-refractivity contribution in [1.29, 1.82) is 0 Å². The van der Waals surface area contributed by atoms with Gasteiger partial charge in [-0.05, 0) is 31.7 Å². The van der Waals surface area contributed by atoms with Crippen LogP contribution in [0.4, 0.5) is 5.69 Å². The van der Waals surface area contributed by atoms with Crippen molar-refractivity contribution >= 4 is 17.3 Å². The van der Waals surface area contributed by atoms with Gasteiger partial charge in [-0.25, -0.2) is 0 Å². The third-order valence-corrected chi connectivity index (χ3v) is 4.29. The first-order valence-electron chi connectivity index (χ1n) is 6.93. The maximum absolute atomic E-state index is 10.9. The Kier molecular flexibility index (Phi) is 5.03. The summed E-state index contributed by atoms with van der Waals surface area (Å²) in [4.78, 5) is 12.4. The van der Waals surface area contributed by atoms with E-state index in [-0.39, 0.29) is 29.0 Å². The third-order valence-electron chi connectivity index (χ3n) is 4.07. The summed E-state index contributed by atoms with van der Waals surface area (Å²) < 4.78 is 0. The second kappa shape index (κ2) is 6.60. The molecule has 0 aliphatic carbocycles. The number of rotatable bonds is 4.